The van der Waals surface area contributed by atoms with Gasteiger partial charge in [-0.2, -0.15) is 0 Å². The summed E-state index contributed by atoms with van der Waals surface area (Å²) in [7, 11) is 0. The number of nitrogens with zero attached hydrogens (tertiary/aromatic N) is 3. The highest BCUT2D eigenvalue weighted by molar-refractivity contribution is 6.09. The molecule has 4 heteroatoms. The first-order chi connectivity index (χ1) is 24.3. The lowest BCUT2D eigenvalue weighted by atomic mass is 9.96. The quantitative estimate of drug-likeness (QED) is 0.184. The molecule has 0 radical (unpaired) electrons. The van der Waals surface area contributed by atoms with E-state index in [4.69, 9.17) is 19.4 Å². The summed E-state index contributed by atoms with van der Waals surface area (Å²) in [6.45, 7) is 0. The minimum atomic E-state index is 0.558. The van der Waals surface area contributed by atoms with Crippen molar-refractivity contribution in [1.82, 2.24) is 15.0 Å². The minimum Gasteiger partial charge on any atom is -0.455 e. The molecule has 9 rings (SSSR count). The molecule has 0 bridgehead atoms. The van der Waals surface area contributed by atoms with Gasteiger partial charge in [0.25, 0.3) is 0 Å². The van der Waals surface area contributed by atoms with Crippen LogP contribution in [0.4, 0.5) is 0 Å². The molecular weight excluding hydrogens is 599 g/mol. The van der Waals surface area contributed by atoms with Crippen molar-refractivity contribution in [2.75, 3.05) is 0 Å². The lowest BCUT2D eigenvalue weighted by Gasteiger charge is -2.13. The highest BCUT2D eigenvalue weighted by atomic mass is 16.3. The average Bonchev–Trinajstić information content (AvgIpc) is 3.58. The van der Waals surface area contributed by atoms with Crippen molar-refractivity contribution >= 4 is 21.9 Å². The predicted molar refractivity (Wildman–Crippen MR) is 200 cm³/mol. The Balaban J connectivity index is 1.26. The van der Waals surface area contributed by atoms with Gasteiger partial charge in [0.1, 0.15) is 11.2 Å². The molecule has 9 aromatic rings. The molecule has 0 saturated carbocycles. The fourth-order valence-electron chi connectivity index (χ4n) is 6.47. The minimum absolute atomic E-state index is 0.558. The maximum absolute atomic E-state index is 6.45. The first kappa shape index (κ1) is 28.6. The summed E-state index contributed by atoms with van der Waals surface area (Å²) < 4.78 is 6.45. The molecule has 49 heavy (non-hydrogen) atoms. The summed E-state index contributed by atoms with van der Waals surface area (Å²) in [4.78, 5) is 15.4. The molecular formula is C45H29N3O. The van der Waals surface area contributed by atoms with E-state index in [1.165, 1.54) is 0 Å². The van der Waals surface area contributed by atoms with Gasteiger partial charge in [0.2, 0.25) is 0 Å². The molecule has 0 unspecified atom stereocenters. The summed E-state index contributed by atoms with van der Waals surface area (Å²) in [6.07, 6.45) is 0. The van der Waals surface area contributed by atoms with Crippen LogP contribution in [0, 0.1) is 0 Å². The molecule has 230 valence electrons. The third-order valence-electron chi connectivity index (χ3n) is 8.94. The zero-order chi connectivity index (χ0) is 32.6. The van der Waals surface area contributed by atoms with Gasteiger partial charge < -0.3 is 4.42 Å². The van der Waals surface area contributed by atoms with Crippen LogP contribution in [-0.4, -0.2) is 15.0 Å². The molecule has 0 N–H and O–H groups in total. The van der Waals surface area contributed by atoms with Crippen molar-refractivity contribution in [3.8, 4) is 67.5 Å². The topological polar surface area (TPSA) is 51.8 Å². The van der Waals surface area contributed by atoms with E-state index in [9.17, 15) is 0 Å². The number of rotatable bonds is 6. The van der Waals surface area contributed by atoms with Crippen LogP contribution in [0.2, 0.25) is 0 Å². The van der Waals surface area contributed by atoms with E-state index in [1.54, 1.807) is 0 Å². The SMILES string of the molecule is c1ccc(-c2ccc(-c3nc(-c4cc(-c5ccccc5)cc(-c5ccccc5)c4)nc(-c4cccc5c4oc4ccccc45)n3)cc2)cc1. The molecule has 0 aliphatic rings. The Hall–Kier alpha value is -6.65. The van der Waals surface area contributed by atoms with Gasteiger partial charge in [-0.15, -0.1) is 0 Å². The Labute approximate surface area is 284 Å². The van der Waals surface area contributed by atoms with Gasteiger partial charge in [-0.3, -0.25) is 0 Å². The Morgan fingerprint density at radius 2 is 0.755 bits per heavy atom. The maximum Gasteiger partial charge on any atom is 0.167 e. The molecule has 7 aromatic carbocycles. The summed E-state index contributed by atoms with van der Waals surface area (Å²) in [5, 5.41) is 2.09. The van der Waals surface area contributed by atoms with Crippen molar-refractivity contribution in [1.29, 1.82) is 0 Å². The Kier molecular flexibility index (Phi) is 7.10. The second-order valence-corrected chi connectivity index (χ2v) is 12.1. The highest BCUT2D eigenvalue weighted by Crippen LogP contribution is 2.37. The van der Waals surface area contributed by atoms with Crippen LogP contribution in [-0.2, 0) is 0 Å². The van der Waals surface area contributed by atoms with E-state index in [0.29, 0.717) is 17.5 Å². The van der Waals surface area contributed by atoms with Gasteiger partial charge in [0.15, 0.2) is 17.5 Å². The first-order valence-electron chi connectivity index (χ1n) is 16.4. The number of fused-ring (bicyclic) bond motifs is 3. The van der Waals surface area contributed by atoms with Crippen LogP contribution < -0.4 is 0 Å². The van der Waals surface area contributed by atoms with Crippen molar-refractivity contribution < 1.29 is 4.42 Å². The van der Waals surface area contributed by atoms with Crippen molar-refractivity contribution in [2.45, 2.75) is 0 Å². The third kappa shape index (κ3) is 5.45. The maximum atomic E-state index is 6.45. The van der Waals surface area contributed by atoms with Gasteiger partial charge >= 0.3 is 0 Å². The number of hydrogen-bond acceptors (Lipinski definition) is 4. The lowest BCUT2D eigenvalue weighted by Crippen LogP contribution is -2.01. The largest absolute Gasteiger partial charge is 0.455 e. The monoisotopic (exact) mass is 627 g/mol. The normalized spacial score (nSPS) is 11.3. The van der Waals surface area contributed by atoms with E-state index >= 15 is 0 Å². The summed E-state index contributed by atoms with van der Waals surface area (Å²) in [5.74, 6) is 1.75. The summed E-state index contributed by atoms with van der Waals surface area (Å²) >= 11 is 0. The summed E-state index contributed by atoms with van der Waals surface area (Å²) in [6, 6.07) is 60.5. The average molecular weight is 628 g/mol. The second kappa shape index (κ2) is 12.2. The molecule has 2 heterocycles. The van der Waals surface area contributed by atoms with Crippen LogP contribution in [0.15, 0.2) is 180 Å². The van der Waals surface area contributed by atoms with Crippen LogP contribution in [0.25, 0.3) is 89.5 Å². The molecule has 4 nitrogen and oxygen atoms in total. The molecule has 0 aliphatic heterocycles. The highest BCUT2D eigenvalue weighted by Gasteiger charge is 2.18. The second-order valence-electron chi connectivity index (χ2n) is 12.1. The van der Waals surface area contributed by atoms with Crippen LogP contribution >= 0.6 is 0 Å². The zero-order valence-corrected chi connectivity index (χ0v) is 26.5. The molecule has 0 spiro atoms. The van der Waals surface area contributed by atoms with Crippen molar-refractivity contribution in [3.63, 3.8) is 0 Å². The van der Waals surface area contributed by atoms with Gasteiger partial charge in [-0.1, -0.05) is 146 Å². The molecule has 2 aromatic heterocycles. The predicted octanol–water partition coefficient (Wildman–Crippen LogP) is 11.8. The van der Waals surface area contributed by atoms with Crippen molar-refractivity contribution in [2.24, 2.45) is 0 Å². The number of hydrogen-bond donors (Lipinski definition) is 0. The smallest absolute Gasteiger partial charge is 0.167 e. The van der Waals surface area contributed by atoms with E-state index in [1.807, 2.05) is 48.5 Å². The molecule has 0 aliphatic carbocycles. The third-order valence-corrected chi connectivity index (χ3v) is 8.94. The first-order valence-corrected chi connectivity index (χ1v) is 16.4. The number of para-hydroxylation sites is 2. The molecule has 0 saturated heterocycles. The zero-order valence-electron chi connectivity index (χ0n) is 26.5. The number of benzene rings is 7. The van der Waals surface area contributed by atoms with Gasteiger partial charge in [0.05, 0.1) is 5.56 Å². The van der Waals surface area contributed by atoms with Gasteiger partial charge in [-0.25, -0.2) is 15.0 Å². The molecule has 0 amide bonds. The number of aromatic nitrogens is 3. The van der Waals surface area contributed by atoms with Crippen LogP contribution in [0.5, 0.6) is 0 Å². The molecule has 0 atom stereocenters. The Morgan fingerprint density at radius 3 is 1.39 bits per heavy atom. The van der Waals surface area contributed by atoms with Crippen LogP contribution in [0.1, 0.15) is 0 Å². The summed E-state index contributed by atoms with van der Waals surface area (Å²) in [5.41, 5.74) is 10.9. The fraction of sp³-hybridized carbons (Fsp3) is 0. The van der Waals surface area contributed by atoms with E-state index in [0.717, 1.165) is 72.0 Å². The Bertz CT molecular complexity index is 2520. The lowest BCUT2D eigenvalue weighted by molar-refractivity contribution is 0.669. The number of furan rings is 1. The standard InChI is InChI=1S/C45H29N3O/c1-4-13-30(14-5-1)33-23-25-34(26-24-33)43-46-44(48-45(47-43)40-21-12-20-39-38-19-10-11-22-41(38)49-42(39)40)37-28-35(31-15-6-2-7-16-31)27-36(29-37)32-17-8-3-9-18-32/h1-29H. The van der Waals surface area contributed by atoms with E-state index in [2.05, 4.69) is 127 Å². The van der Waals surface area contributed by atoms with Gasteiger partial charge in [0, 0.05) is 21.9 Å². The van der Waals surface area contributed by atoms with Crippen LogP contribution in [0.3, 0.4) is 0 Å². The van der Waals surface area contributed by atoms with Crippen molar-refractivity contribution in [3.05, 3.63) is 176 Å². The van der Waals surface area contributed by atoms with Gasteiger partial charge in [-0.05, 0) is 63.7 Å². The fourth-order valence-corrected chi connectivity index (χ4v) is 6.47. The molecule has 0 fully saturated rings. The van der Waals surface area contributed by atoms with E-state index < -0.39 is 0 Å². The van der Waals surface area contributed by atoms with E-state index in [-0.39, 0.29) is 0 Å². The Morgan fingerprint density at radius 1 is 0.306 bits per heavy atom.